The summed E-state index contributed by atoms with van der Waals surface area (Å²) in [4.78, 5) is 0. The van der Waals surface area contributed by atoms with Gasteiger partial charge in [-0.15, -0.1) is 0 Å². The highest BCUT2D eigenvalue weighted by atomic mass is 35.5. The van der Waals surface area contributed by atoms with Crippen LogP contribution in [-0.4, -0.2) is 16.9 Å². The number of hydrogen-bond donors (Lipinski definition) is 1. The van der Waals surface area contributed by atoms with Crippen LogP contribution in [0.3, 0.4) is 0 Å². The molecule has 0 saturated carbocycles. The summed E-state index contributed by atoms with van der Waals surface area (Å²) in [6, 6.07) is 5.67. The molecule has 5 heteroatoms. The third-order valence-electron chi connectivity index (χ3n) is 3.12. The molecule has 0 radical (unpaired) electrons. The zero-order chi connectivity index (χ0) is 14.7. The van der Waals surface area contributed by atoms with Gasteiger partial charge in [0.25, 0.3) is 0 Å². The first kappa shape index (κ1) is 14.7. The molecule has 0 saturated heterocycles. The zero-order valence-electron chi connectivity index (χ0n) is 12.3. The number of nitrogens with one attached hydrogen (secondary N) is 1. The van der Waals surface area contributed by atoms with Gasteiger partial charge in [-0.3, -0.25) is 4.68 Å². The Kier molecular flexibility index (Phi) is 4.55. The summed E-state index contributed by atoms with van der Waals surface area (Å²) < 4.78 is 7.07. The lowest BCUT2D eigenvalue weighted by molar-refractivity contribution is 0.415. The Morgan fingerprint density at radius 3 is 2.80 bits per heavy atom. The summed E-state index contributed by atoms with van der Waals surface area (Å²) in [5.74, 6) is 1.08. The fourth-order valence-electron chi connectivity index (χ4n) is 2.14. The second-order valence-corrected chi connectivity index (χ2v) is 5.48. The van der Waals surface area contributed by atoms with Gasteiger partial charge in [0.15, 0.2) is 0 Å². The number of methoxy groups -OCH3 is 1. The molecule has 2 rings (SSSR count). The van der Waals surface area contributed by atoms with Crippen molar-refractivity contribution in [2.75, 3.05) is 12.4 Å². The van der Waals surface area contributed by atoms with E-state index in [9.17, 15) is 0 Å². The van der Waals surface area contributed by atoms with Crippen LogP contribution in [0.1, 0.15) is 31.0 Å². The summed E-state index contributed by atoms with van der Waals surface area (Å²) in [5, 5.41) is 8.49. The predicted molar refractivity (Wildman–Crippen MR) is 82.6 cm³/mol. The molecule has 0 atom stereocenters. The summed E-state index contributed by atoms with van der Waals surface area (Å²) >= 11 is 6.02. The molecule has 2 aromatic rings. The smallest absolute Gasteiger partial charge is 0.139 e. The number of rotatable bonds is 5. The molecule has 0 aliphatic rings. The molecule has 0 unspecified atom stereocenters. The van der Waals surface area contributed by atoms with Crippen LogP contribution in [0.15, 0.2) is 24.4 Å². The average molecular weight is 294 g/mol. The fraction of sp³-hybridized carbons (Fsp3) is 0.400. The SMILES string of the molecule is COc1cc(NCc2cn(C)nc2C(C)C)ccc1Cl. The van der Waals surface area contributed by atoms with Crippen LogP contribution in [0.5, 0.6) is 5.75 Å². The zero-order valence-corrected chi connectivity index (χ0v) is 13.0. The molecular weight excluding hydrogens is 274 g/mol. The van der Waals surface area contributed by atoms with Crippen molar-refractivity contribution in [3.8, 4) is 5.75 Å². The molecule has 0 amide bonds. The van der Waals surface area contributed by atoms with Gasteiger partial charge in [0.2, 0.25) is 0 Å². The predicted octanol–water partition coefficient (Wildman–Crippen LogP) is 3.82. The van der Waals surface area contributed by atoms with Crippen LogP contribution in [0, 0.1) is 0 Å². The number of ether oxygens (including phenoxy) is 1. The second kappa shape index (κ2) is 6.18. The Morgan fingerprint density at radius 2 is 2.15 bits per heavy atom. The van der Waals surface area contributed by atoms with E-state index < -0.39 is 0 Å². The maximum Gasteiger partial charge on any atom is 0.139 e. The average Bonchev–Trinajstić information content (AvgIpc) is 2.79. The number of benzene rings is 1. The van der Waals surface area contributed by atoms with Crippen LogP contribution in [0.25, 0.3) is 0 Å². The molecule has 20 heavy (non-hydrogen) atoms. The molecule has 1 aromatic carbocycles. The van der Waals surface area contributed by atoms with Crippen molar-refractivity contribution in [1.82, 2.24) is 9.78 Å². The number of halogens is 1. The number of aromatic nitrogens is 2. The monoisotopic (exact) mass is 293 g/mol. The van der Waals surface area contributed by atoms with E-state index in [1.165, 1.54) is 5.56 Å². The summed E-state index contributed by atoms with van der Waals surface area (Å²) in [5.41, 5.74) is 3.31. The van der Waals surface area contributed by atoms with Gasteiger partial charge in [-0.1, -0.05) is 25.4 Å². The van der Waals surface area contributed by atoms with E-state index in [0.29, 0.717) is 16.7 Å². The number of aryl methyl sites for hydroxylation is 1. The van der Waals surface area contributed by atoms with Gasteiger partial charge in [0, 0.05) is 37.1 Å². The minimum absolute atomic E-state index is 0.410. The first-order valence-electron chi connectivity index (χ1n) is 6.61. The molecule has 1 aromatic heterocycles. The summed E-state index contributed by atoms with van der Waals surface area (Å²) in [6.07, 6.45) is 2.05. The third kappa shape index (κ3) is 3.25. The quantitative estimate of drug-likeness (QED) is 0.911. The van der Waals surface area contributed by atoms with Crippen molar-refractivity contribution in [3.05, 3.63) is 40.7 Å². The van der Waals surface area contributed by atoms with Gasteiger partial charge in [0.1, 0.15) is 5.75 Å². The van der Waals surface area contributed by atoms with Gasteiger partial charge >= 0.3 is 0 Å². The molecule has 1 N–H and O–H groups in total. The van der Waals surface area contributed by atoms with E-state index >= 15 is 0 Å². The van der Waals surface area contributed by atoms with Gasteiger partial charge in [-0.25, -0.2) is 0 Å². The van der Waals surface area contributed by atoms with Crippen LogP contribution >= 0.6 is 11.6 Å². The normalized spacial score (nSPS) is 10.9. The first-order valence-corrected chi connectivity index (χ1v) is 6.99. The Balaban J connectivity index is 2.12. The molecule has 0 aliphatic heterocycles. The van der Waals surface area contributed by atoms with Crippen molar-refractivity contribution >= 4 is 17.3 Å². The lowest BCUT2D eigenvalue weighted by atomic mass is 10.1. The maximum atomic E-state index is 6.02. The summed E-state index contributed by atoms with van der Waals surface area (Å²) in [7, 11) is 3.56. The minimum atomic E-state index is 0.410. The fourth-order valence-corrected chi connectivity index (χ4v) is 2.34. The highest BCUT2D eigenvalue weighted by molar-refractivity contribution is 6.32. The van der Waals surface area contributed by atoms with Gasteiger partial charge in [-0.2, -0.15) is 5.10 Å². The van der Waals surface area contributed by atoms with Crippen molar-refractivity contribution in [2.24, 2.45) is 7.05 Å². The Hall–Kier alpha value is -1.68. The Bertz CT molecular complexity index is 593. The first-order chi connectivity index (χ1) is 9.51. The number of anilines is 1. The van der Waals surface area contributed by atoms with Crippen LogP contribution < -0.4 is 10.1 Å². The van der Waals surface area contributed by atoms with Crippen LogP contribution in [0.2, 0.25) is 5.02 Å². The molecule has 4 nitrogen and oxygen atoms in total. The van der Waals surface area contributed by atoms with E-state index in [4.69, 9.17) is 16.3 Å². The maximum absolute atomic E-state index is 6.02. The van der Waals surface area contributed by atoms with E-state index in [-0.39, 0.29) is 0 Å². The van der Waals surface area contributed by atoms with Crippen LogP contribution in [-0.2, 0) is 13.6 Å². The minimum Gasteiger partial charge on any atom is -0.495 e. The molecule has 1 heterocycles. The van der Waals surface area contributed by atoms with Gasteiger partial charge in [-0.05, 0) is 18.1 Å². The largest absolute Gasteiger partial charge is 0.495 e. The van der Waals surface area contributed by atoms with E-state index in [1.54, 1.807) is 7.11 Å². The Morgan fingerprint density at radius 1 is 1.40 bits per heavy atom. The third-order valence-corrected chi connectivity index (χ3v) is 3.43. The Labute approximate surface area is 124 Å². The number of nitrogens with zero attached hydrogens (tertiary/aromatic N) is 2. The lowest BCUT2D eigenvalue weighted by Gasteiger charge is -2.10. The molecule has 0 spiro atoms. The van der Waals surface area contributed by atoms with Crippen molar-refractivity contribution in [1.29, 1.82) is 0 Å². The lowest BCUT2D eigenvalue weighted by Crippen LogP contribution is -2.02. The van der Waals surface area contributed by atoms with Crippen molar-refractivity contribution < 1.29 is 4.74 Å². The molecule has 0 aliphatic carbocycles. The standard InChI is InChI=1S/C15H20ClN3O/c1-10(2)15-11(9-19(3)18-15)8-17-12-5-6-13(16)14(7-12)20-4/h5-7,9-10,17H,8H2,1-4H3. The van der Waals surface area contributed by atoms with Crippen molar-refractivity contribution in [3.63, 3.8) is 0 Å². The van der Waals surface area contributed by atoms with E-state index in [0.717, 1.165) is 17.9 Å². The van der Waals surface area contributed by atoms with Crippen LogP contribution in [0.4, 0.5) is 5.69 Å². The number of hydrogen-bond acceptors (Lipinski definition) is 3. The van der Waals surface area contributed by atoms with Gasteiger partial charge < -0.3 is 10.1 Å². The van der Waals surface area contributed by atoms with Crippen molar-refractivity contribution in [2.45, 2.75) is 26.3 Å². The topological polar surface area (TPSA) is 39.1 Å². The summed E-state index contributed by atoms with van der Waals surface area (Å²) in [6.45, 7) is 5.03. The molecule has 0 bridgehead atoms. The molecule has 108 valence electrons. The highest BCUT2D eigenvalue weighted by Gasteiger charge is 2.11. The van der Waals surface area contributed by atoms with E-state index in [2.05, 4.69) is 30.5 Å². The van der Waals surface area contributed by atoms with Gasteiger partial charge in [0.05, 0.1) is 17.8 Å². The molecular formula is C15H20ClN3O. The van der Waals surface area contributed by atoms with E-state index in [1.807, 2.05) is 29.9 Å². The molecule has 0 fully saturated rings. The second-order valence-electron chi connectivity index (χ2n) is 5.07. The highest BCUT2D eigenvalue weighted by Crippen LogP contribution is 2.28.